The molecule has 16 heavy (non-hydrogen) atoms. The molecule has 2 nitrogen and oxygen atoms in total. The minimum Gasteiger partial charge on any atom is -0.330 e. The SMILES string of the molecule is CC(C)(CCN)c1ccc(C(F)(F)F)cn1. The summed E-state index contributed by atoms with van der Waals surface area (Å²) in [5, 5.41) is 0. The van der Waals surface area contributed by atoms with Crippen LogP contribution in [0.5, 0.6) is 0 Å². The zero-order valence-corrected chi connectivity index (χ0v) is 9.30. The normalized spacial score (nSPS) is 12.9. The lowest BCUT2D eigenvalue weighted by Crippen LogP contribution is -2.23. The van der Waals surface area contributed by atoms with Crippen LogP contribution in [0.2, 0.25) is 0 Å². The zero-order chi connectivity index (χ0) is 12.4. The molecule has 0 aliphatic heterocycles. The second-order valence-electron chi connectivity index (χ2n) is 4.35. The molecule has 0 unspecified atom stereocenters. The molecular formula is C11H15F3N2. The van der Waals surface area contributed by atoms with Crippen LogP contribution in [0.15, 0.2) is 18.3 Å². The number of nitrogens with two attached hydrogens (primary N) is 1. The molecule has 0 fully saturated rings. The first-order valence-electron chi connectivity index (χ1n) is 5.01. The summed E-state index contributed by atoms with van der Waals surface area (Å²) in [5.74, 6) is 0. The molecule has 1 aromatic heterocycles. The molecule has 0 aliphatic carbocycles. The van der Waals surface area contributed by atoms with Crippen molar-refractivity contribution in [2.75, 3.05) is 6.54 Å². The largest absolute Gasteiger partial charge is 0.417 e. The topological polar surface area (TPSA) is 38.9 Å². The van der Waals surface area contributed by atoms with Gasteiger partial charge in [0.05, 0.1) is 5.56 Å². The van der Waals surface area contributed by atoms with E-state index in [4.69, 9.17) is 5.73 Å². The monoisotopic (exact) mass is 232 g/mol. The van der Waals surface area contributed by atoms with Gasteiger partial charge in [-0.25, -0.2) is 0 Å². The van der Waals surface area contributed by atoms with Crippen LogP contribution in [0.4, 0.5) is 13.2 Å². The number of rotatable bonds is 3. The highest BCUT2D eigenvalue weighted by atomic mass is 19.4. The Morgan fingerprint density at radius 1 is 1.25 bits per heavy atom. The molecule has 0 spiro atoms. The second kappa shape index (κ2) is 4.41. The van der Waals surface area contributed by atoms with Crippen LogP contribution in [0.1, 0.15) is 31.5 Å². The van der Waals surface area contributed by atoms with Crippen LogP contribution < -0.4 is 5.73 Å². The molecule has 2 N–H and O–H groups in total. The molecule has 90 valence electrons. The fourth-order valence-electron chi connectivity index (χ4n) is 1.45. The molecule has 0 saturated carbocycles. The minimum atomic E-state index is -4.33. The lowest BCUT2D eigenvalue weighted by Gasteiger charge is -2.23. The summed E-state index contributed by atoms with van der Waals surface area (Å²) >= 11 is 0. The van der Waals surface area contributed by atoms with E-state index in [1.165, 1.54) is 6.07 Å². The van der Waals surface area contributed by atoms with E-state index in [1.807, 2.05) is 13.8 Å². The third kappa shape index (κ3) is 2.95. The predicted molar refractivity (Wildman–Crippen MR) is 55.9 cm³/mol. The highest BCUT2D eigenvalue weighted by molar-refractivity contribution is 5.21. The maximum atomic E-state index is 12.3. The number of pyridine rings is 1. The number of hydrogen-bond acceptors (Lipinski definition) is 2. The Labute approximate surface area is 92.7 Å². The van der Waals surface area contributed by atoms with E-state index in [2.05, 4.69) is 4.98 Å². The zero-order valence-electron chi connectivity index (χ0n) is 9.30. The van der Waals surface area contributed by atoms with Crippen LogP contribution in [0.3, 0.4) is 0 Å². The van der Waals surface area contributed by atoms with Crippen molar-refractivity contribution >= 4 is 0 Å². The van der Waals surface area contributed by atoms with Crippen molar-refractivity contribution in [3.63, 3.8) is 0 Å². The first-order chi connectivity index (χ1) is 7.27. The average Bonchev–Trinajstić information content (AvgIpc) is 2.16. The molecule has 0 bridgehead atoms. The average molecular weight is 232 g/mol. The molecule has 0 radical (unpaired) electrons. The Kier molecular flexibility index (Phi) is 3.57. The van der Waals surface area contributed by atoms with E-state index in [-0.39, 0.29) is 5.41 Å². The summed E-state index contributed by atoms with van der Waals surface area (Å²) in [6.07, 6.45) is -2.78. The summed E-state index contributed by atoms with van der Waals surface area (Å²) in [4.78, 5) is 3.86. The van der Waals surface area contributed by atoms with E-state index in [0.717, 1.165) is 12.3 Å². The van der Waals surface area contributed by atoms with E-state index < -0.39 is 11.7 Å². The molecule has 5 heteroatoms. The van der Waals surface area contributed by atoms with Gasteiger partial charge in [0, 0.05) is 17.3 Å². The van der Waals surface area contributed by atoms with Gasteiger partial charge in [0.25, 0.3) is 0 Å². The third-order valence-electron chi connectivity index (χ3n) is 2.55. The number of aromatic nitrogens is 1. The van der Waals surface area contributed by atoms with E-state index >= 15 is 0 Å². The summed E-state index contributed by atoms with van der Waals surface area (Å²) in [6.45, 7) is 4.31. The van der Waals surface area contributed by atoms with Gasteiger partial charge < -0.3 is 5.73 Å². The van der Waals surface area contributed by atoms with Crippen molar-refractivity contribution in [3.05, 3.63) is 29.6 Å². The number of halogens is 3. The third-order valence-corrected chi connectivity index (χ3v) is 2.55. The van der Waals surface area contributed by atoms with Crippen LogP contribution in [0.25, 0.3) is 0 Å². The fraction of sp³-hybridized carbons (Fsp3) is 0.545. The van der Waals surface area contributed by atoms with Crippen molar-refractivity contribution in [2.45, 2.75) is 31.9 Å². The van der Waals surface area contributed by atoms with Crippen molar-refractivity contribution < 1.29 is 13.2 Å². The predicted octanol–water partition coefficient (Wildman–Crippen LogP) is 2.73. The Balaban J connectivity index is 2.95. The summed E-state index contributed by atoms with van der Waals surface area (Å²) in [6, 6.07) is 2.47. The molecule has 0 aromatic carbocycles. The lowest BCUT2D eigenvalue weighted by atomic mass is 9.85. The van der Waals surface area contributed by atoms with Crippen LogP contribution in [-0.2, 0) is 11.6 Å². The molecule has 1 aromatic rings. The van der Waals surface area contributed by atoms with Gasteiger partial charge in [-0.15, -0.1) is 0 Å². The maximum absolute atomic E-state index is 12.3. The number of nitrogens with zero attached hydrogens (tertiary/aromatic N) is 1. The van der Waals surface area contributed by atoms with Crippen molar-refractivity contribution in [1.29, 1.82) is 0 Å². The number of hydrogen-bond donors (Lipinski definition) is 1. The van der Waals surface area contributed by atoms with Crippen LogP contribution in [0, 0.1) is 0 Å². The van der Waals surface area contributed by atoms with E-state index in [1.54, 1.807) is 0 Å². The molecule has 1 heterocycles. The molecule has 1 rings (SSSR count). The van der Waals surface area contributed by atoms with Crippen LogP contribution >= 0.6 is 0 Å². The molecule has 0 saturated heterocycles. The number of alkyl halides is 3. The van der Waals surface area contributed by atoms with Crippen LogP contribution in [-0.4, -0.2) is 11.5 Å². The summed E-state index contributed by atoms with van der Waals surface area (Å²) in [5.41, 5.74) is 5.06. The van der Waals surface area contributed by atoms with E-state index in [9.17, 15) is 13.2 Å². The van der Waals surface area contributed by atoms with Gasteiger partial charge in [0.2, 0.25) is 0 Å². The van der Waals surface area contributed by atoms with Crippen molar-refractivity contribution in [3.8, 4) is 0 Å². The smallest absolute Gasteiger partial charge is 0.330 e. The Bertz CT molecular complexity index is 341. The first kappa shape index (κ1) is 13.0. The maximum Gasteiger partial charge on any atom is 0.417 e. The van der Waals surface area contributed by atoms with Gasteiger partial charge in [-0.1, -0.05) is 13.8 Å². The van der Waals surface area contributed by atoms with Gasteiger partial charge in [0.15, 0.2) is 0 Å². The summed E-state index contributed by atoms with van der Waals surface area (Å²) < 4.78 is 36.9. The van der Waals surface area contributed by atoms with Crippen molar-refractivity contribution in [1.82, 2.24) is 4.98 Å². The molecular weight excluding hydrogens is 217 g/mol. The molecule has 0 aliphatic rings. The Morgan fingerprint density at radius 2 is 1.88 bits per heavy atom. The standard InChI is InChI=1S/C11H15F3N2/c1-10(2,5-6-15)9-4-3-8(7-16-9)11(12,13)14/h3-4,7H,5-6,15H2,1-2H3. The Morgan fingerprint density at radius 3 is 2.25 bits per heavy atom. The lowest BCUT2D eigenvalue weighted by molar-refractivity contribution is -0.137. The Hall–Kier alpha value is -1.10. The van der Waals surface area contributed by atoms with Gasteiger partial charge in [-0.2, -0.15) is 13.2 Å². The quantitative estimate of drug-likeness (QED) is 0.870. The summed E-state index contributed by atoms with van der Waals surface area (Å²) in [7, 11) is 0. The molecule has 0 atom stereocenters. The fourth-order valence-corrected chi connectivity index (χ4v) is 1.45. The molecule has 0 amide bonds. The van der Waals surface area contributed by atoms with Gasteiger partial charge in [0.1, 0.15) is 0 Å². The van der Waals surface area contributed by atoms with Gasteiger partial charge in [-0.05, 0) is 25.1 Å². The van der Waals surface area contributed by atoms with Crippen molar-refractivity contribution in [2.24, 2.45) is 5.73 Å². The second-order valence-corrected chi connectivity index (χ2v) is 4.35. The minimum absolute atomic E-state index is 0.293. The van der Waals surface area contributed by atoms with Gasteiger partial charge in [-0.3, -0.25) is 4.98 Å². The highest BCUT2D eigenvalue weighted by Crippen LogP contribution is 2.30. The van der Waals surface area contributed by atoms with E-state index in [0.29, 0.717) is 18.7 Å². The first-order valence-corrected chi connectivity index (χ1v) is 5.01. The highest BCUT2D eigenvalue weighted by Gasteiger charge is 2.31. The van der Waals surface area contributed by atoms with Gasteiger partial charge >= 0.3 is 6.18 Å².